The van der Waals surface area contributed by atoms with Crippen molar-refractivity contribution in [2.24, 2.45) is 5.92 Å². The first-order chi connectivity index (χ1) is 17.7. The highest BCUT2D eigenvalue weighted by atomic mass is 16.2. The minimum absolute atomic E-state index is 0.0229. The number of likely N-dealkylation sites (tertiary alicyclic amines) is 3. The predicted octanol–water partition coefficient (Wildman–Crippen LogP) is 1.76. The standard InChI is InChI=1S/C28H41N5O4/c1-19(2)16-22(29-27(36)20-8-10-21(11-9-20)30(3)4)28(37)32-15-12-23-26(32)24(34)17-33(23)25(35)18-31-13-6-5-7-14-31/h8-11,19,22-23,26H,5-7,12-18H2,1-4H3,(H,29,36)/t22-,23?,26?/m0/s1. The van der Waals surface area contributed by atoms with Gasteiger partial charge in [-0.2, -0.15) is 0 Å². The number of carbonyl (C=O) groups excluding carboxylic acids is 4. The van der Waals surface area contributed by atoms with E-state index in [1.165, 1.54) is 6.42 Å². The Balaban J connectivity index is 1.43. The molecule has 3 atom stereocenters. The molecule has 0 radical (unpaired) electrons. The molecule has 3 saturated heterocycles. The van der Waals surface area contributed by atoms with Crippen LogP contribution in [0.25, 0.3) is 0 Å². The van der Waals surface area contributed by atoms with Gasteiger partial charge in [-0.15, -0.1) is 0 Å². The van der Waals surface area contributed by atoms with Crippen molar-refractivity contribution in [1.29, 1.82) is 0 Å². The van der Waals surface area contributed by atoms with Crippen molar-refractivity contribution in [3.05, 3.63) is 29.8 Å². The molecule has 37 heavy (non-hydrogen) atoms. The second-order valence-corrected chi connectivity index (χ2v) is 11.3. The molecule has 4 rings (SSSR count). The first kappa shape index (κ1) is 27.1. The number of nitrogens with one attached hydrogen (secondary N) is 1. The number of fused-ring (bicyclic) bond motifs is 1. The molecular formula is C28H41N5O4. The van der Waals surface area contributed by atoms with E-state index < -0.39 is 12.1 Å². The number of Topliss-reactive ketones (excluding diaryl/α,β-unsaturated/α-hetero) is 1. The fraction of sp³-hybridized carbons (Fsp3) is 0.643. The first-order valence-electron chi connectivity index (χ1n) is 13.6. The summed E-state index contributed by atoms with van der Waals surface area (Å²) in [4.78, 5) is 60.3. The van der Waals surface area contributed by atoms with Crippen molar-refractivity contribution in [2.75, 3.05) is 51.7 Å². The molecule has 202 valence electrons. The number of carbonyl (C=O) groups is 4. The number of hydrogen-bond acceptors (Lipinski definition) is 6. The Morgan fingerprint density at radius 2 is 1.68 bits per heavy atom. The van der Waals surface area contributed by atoms with Gasteiger partial charge in [-0.3, -0.25) is 24.1 Å². The van der Waals surface area contributed by atoms with E-state index in [1.807, 2.05) is 45.0 Å². The quantitative estimate of drug-likeness (QED) is 0.572. The molecule has 0 spiro atoms. The van der Waals surface area contributed by atoms with E-state index in [1.54, 1.807) is 21.9 Å². The number of ketones is 1. The molecule has 2 unspecified atom stereocenters. The zero-order valence-electron chi connectivity index (χ0n) is 22.6. The van der Waals surface area contributed by atoms with Gasteiger partial charge in [-0.1, -0.05) is 20.3 Å². The summed E-state index contributed by atoms with van der Waals surface area (Å²) < 4.78 is 0. The summed E-state index contributed by atoms with van der Waals surface area (Å²) in [6.07, 6.45) is 4.46. The minimum Gasteiger partial charge on any atom is -0.378 e. The van der Waals surface area contributed by atoms with E-state index in [0.29, 0.717) is 31.5 Å². The van der Waals surface area contributed by atoms with E-state index in [4.69, 9.17) is 0 Å². The Morgan fingerprint density at radius 1 is 1.00 bits per heavy atom. The molecule has 1 N–H and O–H groups in total. The minimum atomic E-state index is -0.731. The van der Waals surface area contributed by atoms with Crippen LogP contribution in [0.2, 0.25) is 0 Å². The van der Waals surface area contributed by atoms with Crippen molar-refractivity contribution >= 4 is 29.2 Å². The molecule has 1 aromatic carbocycles. The molecular weight excluding hydrogens is 470 g/mol. The second kappa shape index (κ2) is 11.6. The van der Waals surface area contributed by atoms with Crippen LogP contribution in [-0.2, 0) is 14.4 Å². The largest absolute Gasteiger partial charge is 0.378 e. The lowest BCUT2D eigenvalue weighted by molar-refractivity contribution is -0.138. The average Bonchev–Trinajstić information content (AvgIpc) is 3.45. The molecule has 0 bridgehead atoms. The maximum atomic E-state index is 13.7. The van der Waals surface area contributed by atoms with Crippen molar-refractivity contribution in [3.63, 3.8) is 0 Å². The average molecular weight is 512 g/mol. The Labute approximate surface area is 220 Å². The monoisotopic (exact) mass is 511 g/mol. The summed E-state index contributed by atoms with van der Waals surface area (Å²) in [6, 6.07) is 5.61. The molecule has 3 amide bonds. The molecule has 1 aromatic rings. The third kappa shape index (κ3) is 6.14. The number of rotatable bonds is 8. The van der Waals surface area contributed by atoms with Crippen molar-refractivity contribution in [3.8, 4) is 0 Å². The number of nitrogens with zero attached hydrogens (tertiary/aromatic N) is 4. The van der Waals surface area contributed by atoms with Crippen LogP contribution in [0.3, 0.4) is 0 Å². The summed E-state index contributed by atoms with van der Waals surface area (Å²) in [6.45, 7) is 6.66. The lowest BCUT2D eigenvalue weighted by Gasteiger charge is -2.30. The normalized spacial score (nSPS) is 22.8. The van der Waals surface area contributed by atoms with E-state index in [9.17, 15) is 19.2 Å². The Kier molecular flexibility index (Phi) is 8.52. The third-order valence-corrected chi connectivity index (χ3v) is 7.79. The van der Waals surface area contributed by atoms with E-state index >= 15 is 0 Å². The van der Waals surface area contributed by atoms with Crippen molar-refractivity contribution in [2.45, 2.75) is 64.1 Å². The molecule has 9 heteroatoms. The maximum Gasteiger partial charge on any atom is 0.251 e. The van der Waals surface area contributed by atoms with Crippen molar-refractivity contribution in [1.82, 2.24) is 20.0 Å². The van der Waals surface area contributed by atoms with Gasteiger partial charge in [0.25, 0.3) is 5.91 Å². The lowest BCUT2D eigenvalue weighted by atomic mass is 10.0. The Morgan fingerprint density at radius 3 is 2.30 bits per heavy atom. The predicted molar refractivity (Wildman–Crippen MR) is 142 cm³/mol. The molecule has 3 fully saturated rings. The van der Waals surface area contributed by atoms with Gasteiger partial charge >= 0.3 is 0 Å². The van der Waals surface area contributed by atoms with Gasteiger partial charge in [-0.25, -0.2) is 0 Å². The van der Waals surface area contributed by atoms with Crippen LogP contribution >= 0.6 is 0 Å². The molecule has 0 aromatic heterocycles. The number of anilines is 1. The number of benzene rings is 1. The fourth-order valence-corrected chi connectivity index (χ4v) is 5.83. The van der Waals surface area contributed by atoms with E-state index in [-0.39, 0.29) is 42.0 Å². The number of piperidine rings is 1. The molecule has 9 nitrogen and oxygen atoms in total. The molecule has 3 aliphatic heterocycles. The second-order valence-electron chi connectivity index (χ2n) is 11.3. The van der Waals surface area contributed by atoms with Gasteiger partial charge in [0.15, 0.2) is 5.78 Å². The number of amides is 3. The van der Waals surface area contributed by atoms with Gasteiger partial charge in [0, 0.05) is 31.9 Å². The molecule has 0 saturated carbocycles. The number of hydrogen-bond donors (Lipinski definition) is 1. The zero-order chi connectivity index (χ0) is 26.7. The SMILES string of the molecule is CC(C)C[C@H](NC(=O)c1ccc(N(C)C)cc1)C(=O)N1CCC2C1C(=O)CN2C(=O)CN1CCCCC1. The first-order valence-corrected chi connectivity index (χ1v) is 13.6. The maximum absolute atomic E-state index is 13.7. The summed E-state index contributed by atoms with van der Waals surface area (Å²) in [5.74, 6) is -0.484. The lowest BCUT2D eigenvalue weighted by Crippen LogP contribution is -2.53. The van der Waals surface area contributed by atoms with Crippen LogP contribution in [0.5, 0.6) is 0 Å². The van der Waals surface area contributed by atoms with Crippen LogP contribution in [0.1, 0.15) is 56.3 Å². The van der Waals surface area contributed by atoms with E-state index in [2.05, 4.69) is 10.2 Å². The van der Waals surface area contributed by atoms with Gasteiger partial charge < -0.3 is 20.0 Å². The smallest absolute Gasteiger partial charge is 0.251 e. The zero-order valence-corrected chi connectivity index (χ0v) is 22.6. The molecule has 0 aliphatic carbocycles. The summed E-state index contributed by atoms with van der Waals surface area (Å²) in [5.41, 5.74) is 1.46. The van der Waals surface area contributed by atoms with Crippen molar-refractivity contribution < 1.29 is 19.2 Å². The Hall–Kier alpha value is -2.94. The fourth-order valence-electron chi connectivity index (χ4n) is 5.83. The van der Waals surface area contributed by atoms with Gasteiger partial charge in [0.1, 0.15) is 12.1 Å². The topological polar surface area (TPSA) is 93.3 Å². The summed E-state index contributed by atoms with van der Waals surface area (Å²) in [7, 11) is 3.87. The Bertz CT molecular complexity index is 1000. The van der Waals surface area contributed by atoms with Crippen LogP contribution in [0, 0.1) is 5.92 Å². The van der Waals surface area contributed by atoms with Crippen LogP contribution < -0.4 is 10.2 Å². The van der Waals surface area contributed by atoms with Crippen LogP contribution in [0.4, 0.5) is 5.69 Å². The van der Waals surface area contributed by atoms with Crippen LogP contribution in [0.15, 0.2) is 24.3 Å². The molecule has 3 aliphatic rings. The van der Waals surface area contributed by atoms with E-state index in [0.717, 1.165) is 31.6 Å². The third-order valence-electron chi connectivity index (χ3n) is 7.79. The highest BCUT2D eigenvalue weighted by Crippen LogP contribution is 2.31. The summed E-state index contributed by atoms with van der Waals surface area (Å²) in [5, 5.41) is 2.93. The highest BCUT2D eigenvalue weighted by Gasteiger charge is 2.52. The van der Waals surface area contributed by atoms with Gasteiger partial charge in [0.2, 0.25) is 11.8 Å². The van der Waals surface area contributed by atoms with Gasteiger partial charge in [0.05, 0.1) is 19.1 Å². The van der Waals surface area contributed by atoms with Crippen LogP contribution in [-0.4, -0.2) is 103 Å². The summed E-state index contributed by atoms with van der Waals surface area (Å²) >= 11 is 0. The van der Waals surface area contributed by atoms with Gasteiger partial charge in [-0.05, 0) is 69.0 Å². The molecule has 3 heterocycles. The highest BCUT2D eigenvalue weighted by molar-refractivity contribution is 6.01.